The van der Waals surface area contributed by atoms with Crippen LogP contribution in [0.15, 0.2) is 22.7 Å². The number of aryl methyl sites for hydroxylation is 1. The van der Waals surface area contributed by atoms with Gasteiger partial charge in [0.1, 0.15) is 6.54 Å². The van der Waals surface area contributed by atoms with E-state index in [4.69, 9.17) is 0 Å². The molecular formula is C10H9BrN2O2. The van der Waals surface area contributed by atoms with Gasteiger partial charge >= 0.3 is 6.03 Å². The maximum atomic E-state index is 11.4. The molecule has 0 radical (unpaired) electrons. The molecule has 0 bridgehead atoms. The Morgan fingerprint density at radius 1 is 1.33 bits per heavy atom. The molecule has 1 heterocycles. The quantitative estimate of drug-likeness (QED) is 0.790. The van der Waals surface area contributed by atoms with Crippen LogP contribution in [0.1, 0.15) is 5.56 Å². The van der Waals surface area contributed by atoms with Crippen LogP contribution in [-0.2, 0) is 4.79 Å². The van der Waals surface area contributed by atoms with Crippen molar-refractivity contribution in [2.45, 2.75) is 6.92 Å². The van der Waals surface area contributed by atoms with E-state index in [2.05, 4.69) is 21.2 Å². The van der Waals surface area contributed by atoms with Crippen LogP contribution < -0.4 is 10.2 Å². The third-order valence-corrected chi connectivity index (χ3v) is 2.59. The minimum atomic E-state index is -0.363. The largest absolute Gasteiger partial charge is 0.329 e. The molecule has 78 valence electrons. The first-order valence-corrected chi connectivity index (χ1v) is 5.24. The van der Waals surface area contributed by atoms with Crippen LogP contribution in [0.5, 0.6) is 0 Å². The van der Waals surface area contributed by atoms with Crippen LogP contribution in [0.3, 0.4) is 0 Å². The maximum absolute atomic E-state index is 11.4. The van der Waals surface area contributed by atoms with Crippen molar-refractivity contribution in [3.8, 4) is 0 Å². The lowest BCUT2D eigenvalue weighted by molar-refractivity contribution is -0.117. The van der Waals surface area contributed by atoms with Crippen molar-refractivity contribution in [1.82, 2.24) is 5.32 Å². The third-order valence-electron chi connectivity index (χ3n) is 2.13. The lowest BCUT2D eigenvalue weighted by atomic mass is 10.2. The van der Waals surface area contributed by atoms with E-state index in [1.807, 2.05) is 25.1 Å². The molecule has 0 atom stereocenters. The standard InChI is InChI=1S/C10H9BrN2O2/c1-6-2-7(11)4-8(3-6)13-5-9(14)12-10(13)15/h2-4H,5H2,1H3,(H,12,14,15). The predicted molar refractivity (Wildman–Crippen MR) is 59.8 cm³/mol. The molecule has 5 heteroatoms. The number of carbonyl (C=O) groups is 2. The first kappa shape index (κ1) is 10.2. The van der Waals surface area contributed by atoms with Gasteiger partial charge in [0.15, 0.2) is 0 Å². The summed E-state index contributed by atoms with van der Waals surface area (Å²) in [6.45, 7) is 2.03. The van der Waals surface area contributed by atoms with E-state index in [0.717, 1.165) is 15.7 Å². The topological polar surface area (TPSA) is 49.4 Å². The Morgan fingerprint density at radius 3 is 2.60 bits per heavy atom. The number of imide groups is 1. The summed E-state index contributed by atoms with van der Waals surface area (Å²) < 4.78 is 0.893. The molecule has 0 saturated carbocycles. The second-order valence-electron chi connectivity index (χ2n) is 3.43. The van der Waals surface area contributed by atoms with Crippen molar-refractivity contribution in [2.24, 2.45) is 0 Å². The Kier molecular flexibility index (Phi) is 2.48. The van der Waals surface area contributed by atoms with Gasteiger partial charge < -0.3 is 0 Å². The number of benzene rings is 1. The van der Waals surface area contributed by atoms with Crippen LogP contribution >= 0.6 is 15.9 Å². The van der Waals surface area contributed by atoms with E-state index in [9.17, 15) is 9.59 Å². The van der Waals surface area contributed by atoms with Gasteiger partial charge in [-0.15, -0.1) is 0 Å². The highest BCUT2D eigenvalue weighted by molar-refractivity contribution is 9.10. The first-order chi connectivity index (χ1) is 7.06. The lowest BCUT2D eigenvalue weighted by Gasteiger charge is -2.14. The Bertz CT molecular complexity index is 425. The minimum Gasteiger partial charge on any atom is -0.285 e. The van der Waals surface area contributed by atoms with Gasteiger partial charge in [-0.25, -0.2) is 4.79 Å². The van der Waals surface area contributed by atoms with Crippen molar-refractivity contribution < 1.29 is 9.59 Å². The van der Waals surface area contributed by atoms with Crippen molar-refractivity contribution in [3.05, 3.63) is 28.2 Å². The van der Waals surface area contributed by atoms with Gasteiger partial charge in [0.2, 0.25) is 5.91 Å². The third kappa shape index (κ3) is 2.02. The highest BCUT2D eigenvalue weighted by Gasteiger charge is 2.27. The molecule has 15 heavy (non-hydrogen) atoms. The molecule has 0 aliphatic carbocycles. The summed E-state index contributed by atoms with van der Waals surface area (Å²) in [4.78, 5) is 23.8. The number of anilines is 1. The molecule has 3 amide bonds. The van der Waals surface area contributed by atoms with Crippen molar-refractivity contribution in [3.63, 3.8) is 0 Å². The molecule has 1 aliphatic rings. The van der Waals surface area contributed by atoms with E-state index in [1.165, 1.54) is 4.90 Å². The van der Waals surface area contributed by atoms with Crippen LogP contribution in [-0.4, -0.2) is 18.5 Å². The normalized spacial score (nSPS) is 15.7. The van der Waals surface area contributed by atoms with Gasteiger partial charge in [0.25, 0.3) is 0 Å². The molecule has 1 aromatic carbocycles. The summed E-state index contributed by atoms with van der Waals surface area (Å²) in [5, 5.41) is 2.24. The fourth-order valence-electron chi connectivity index (χ4n) is 1.52. The number of hydrogen-bond acceptors (Lipinski definition) is 2. The maximum Gasteiger partial charge on any atom is 0.329 e. The van der Waals surface area contributed by atoms with Crippen LogP contribution in [0.2, 0.25) is 0 Å². The molecule has 1 aliphatic heterocycles. The molecule has 1 saturated heterocycles. The fourth-order valence-corrected chi connectivity index (χ4v) is 2.12. The van der Waals surface area contributed by atoms with E-state index >= 15 is 0 Å². The van der Waals surface area contributed by atoms with E-state index < -0.39 is 0 Å². The van der Waals surface area contributed by atoms with Gasteiger partial charge in [-0.05, 0) is 30.7 Å². The first-order valence-electron chi connectivity index (χ1n) is 4.45. The lowest BCUT2D eigenvalue weighted by Crippen LogP contribution is -2.27. The summed E-state index contributed by atoms with van der Waals surface area (Å²) in [5.41, 5.74) is 1.76. The Hall–Kier alpha value is -1.36. The summed E-state index contributed by atoms with van der Waals surface area (Å²) in [7, 11) is 0. The average Bonchev–Trinajstić information content (AvgIpc) is 2.43. The Balaban J connectivity index is 2.37. The highest BCUT2D eigenvalue weighted by Crippen LogP contribution is 2.23. The summed E-state index contributed by atoms with van der Waals surface area (Å²) in [6, 6.07) is 5.26. The number of nitrogens with one attached hydrogen (secondary N) is 1. The smallest absolute Gasteiger partial charge is 0.285 e. The second-order valence-corrected chi connectivity index (χ2v) is 4.34. The number of carbonyl (C=O) groups excluding carboxylic acids is 2. The molecule has 1 fully saturated rings. The second kappa shape index (κ2) is 3.66. The van der Waals surface area contributed by atoms with Crippen LogP contribution in [0.25, 0.3) is 0 Å². The van der Waals surface area contributed by atoms with Crippen molar-refractivity contribution in [2.75, 3.05) is 11.4 Å². The van der Waals surface area contributed by atoms with E-state index in [0.29, 0.717) is 0 Å². The number of rotatable bonds is 1. The zero-order chi connectivity index (χ0) is 11.0. The molecule has 0 spiro atoms. The number of nitrogens with zero attached hydrogens (tertiary/aromatic N) is 1. The SMILES string of the molecule is Cc1cc(Br)cc(N2CC(=O)NC2=O)c1. The number of halogens is 1. The molecule has 1 N–H and O–H groups in total. The summed E-state index contributed by atoms with van der Waals surface area (Å²) in [6.07, 6.45) is 0. The molecule has 1 aromatic rings. The minimum absolute atomic E-state index is 0.0920. The van der Waals surface area contributed by atoms with Gasteiger partial charge in [0, 0.05) is 10.2 Å². The molecular weight excluding hydrogens is 260 g/mol. The van der Waals surface area contributed by atoms with E-state index in [-0.39, 0.29) is 18.5 Å². The zero-order valence-electron chi connectivity index (χ0n) is 8.08. The van der Waals surface area contributed by atoms with Gasteiger partial charge in [-0.3, -0.25) is 15.0 Å². The Morgan fingerprint density at radius 2 is 2.07 bits per heavy atom. The number of hydrogen-bond donors (Lipinski definition) is 1. The molecule has 0 unspecified atom stereocenters. The van der Waals surface area contributed by atoms with Crippen molar-refractivity contribution in [1.29, 1.82) is 0 Å². The van der Waals surface area contributed by atoms with Gasteiger partial charge in [0.05, 0.1) is 0 Å². The molecule has 4 nitrogen and oxygen atoms in total. The molecule has 0 aromatic heterocycles. The zero-order valence-corrected chi connectivity index (χ0v) is 9.67. The number of urea groups is 1. The molecule has 2 rings (SSSR count). The van der Waals surface area contributed by atoms with Crippen LogP contribution in [0.4, 0.5) is 10.5 Å². The van der Waals surface area contributed by atoms with Gasteiger partial charge in [-0.1, -0.05) is 15.9 Å². The van der Waals surface area contributed by atoms with Crippen LogP contribution in [0, 0.1) is 6.92 Å². The fraction of sp³-hybridized carbons (Fsp3) is 0.200. The predicted octanol–water partition coefficient (Wildman–Crippen LogP) is 1.81. The monoisotopic (exact) mass is 268 g/mol. The van der Waals surface area contributed by atoms with Gasteiger partial charge in [-0.2, -0.15) is 0 Å². The average molecular weight is 269 g/mol. The van der Waals surface area contributed by atoms with E-state index in [1.54, 1.807) is 0 Å². The number of amides is 3. The van der Waals surface area contributed by atoms with Crippen molar-refractivity contribution >= 4 is 33.6 Å². The summed E-state index contributed by atoms with van der Waals surface area (Å²) in [5.74, 6) is -0.266. The Labute approximate surface area is 95.4 Å². The summed E-state index contributed by atoms with van der Waals surface area (Å²) >= 11 is 3.35. The highest BCUT2D eigenvalue weighted by atomic mass is 79.9.